The Balaban J connectivity index is 1.97. The number of para-hydroxylation sites is 1. The maximum absolute atomic E-state index is 12.1. The molecule has 0 bridgehead atoms. The van der Waals surface area contributed by atoms with Crippen molar-refractivity contribution in [2.45, 2.75) is 24.0 Å². The van der Waals surface area contributed by atoms with Crippen molar-refractivity contribution in [1.82, 2.24) is 5.43 Å². The highest BCUT2D eigenvalue weighted by Crippen LogP contribution is 2.22. The quantitative estimate of drug-likeness (QED) is 0.505. The van der Waals surface area contributed by atoms with Crippen molar-refractivity contribution in [3.8, 4) is 5.75 Å². The molecule has 4 nitrogen and oxygen atoms in total. The number of benzene rings is 2. The van der Waals surface area contributed by atoms with E-state index in [1.165, 1.54) is 11.8 Å². The number of amides is 1. The molecule has 0 aliphatic carbocycles. The normalized spacial score (nSPS) is 12.7. The van der Waals surface area contributed by atoms with Gasteiger partial charge in [0.1, 0.15) is 5.75 Å². The van der Waals surface area contributed by atoms with Gasteiger partial charge in [-0.1, -0.05) is 30.3 Å². The number of rotatable bonds is 5. The van der Waals surface area contributed by atoms with Crippen LogP contribution in [0.15, 0.2) is 64.6 Å². The van der Waals surface area contributed by atoms with Gasteiger partial charge in [-0.2, -0.15) is 5.10 Å². The molecule has 0 spiro atoms. The third-order valence-corrected chi connectivity index (χ3v) is 4.16. The highest BCUT2D eigenvalue weighted by atomic mass is 32.2. The van der Waals surface area contributed by atoms with Crippen LogP contribution in [0, 0.1) is 0 Å². The summed E-state index contributed by atoms with van der Waals surface area (Å²) in [6.45, 7) is 3.57. The number of nitrogens with one attached hydrogen (secondary N) is 1. The summed E-state index contributed by atoms with van der Waals surface area (Å²) in [6, 6.07) is 16.6. The molecule has 1 amide bonds. The number of nitrogens with zero attached hydrogens (tertiary/aromatic N) is 1. The van der Waals surface area contributed by atoms with Crippen LogP contribution < -0.4 is 5.43 Å². The van der Waals surface area contributed by atoms with Crippen molar-refractivity contribution in [3.05, 3.63) is 60.2 Å². The summed E-state index contributed by atoms with van der Waals surface area (Å²) >= 11 is 1.47. The predicted octanol–water partition coefficient (Wildman–Crippen LogP) is 3.41. The van der Waals surface area contributed by atoms with Crippen molar-refractivity contribution >= 4 is 23.4 Å². The SMILES string of the molecule is C/C(=N\NC(=O)[C@H](C)Sc1ccccc1)c1ccccc1O. The van der Waals surface area contributed by atoms with E-state index in [1.54, 1.807) is 25.1 Å². The zero-order valence-corrected chi connectivity index (χ0v) is 13.3. The van der Waals surface area contributed by atoms with E-state index in [0.29, 0.717) is 11.3 Å². The van der Waals surface area contributed by atoms with E-state index in [1.807, 2.05) is 43.3 Å². The van der Waals surface area contributed by atoms with Crippen LogP contribution in [0.25, 0.3) is 0 Å². The van der Waals surface area contributed by atoms with Gasteiger partial charge in [-0.25, -0.2) is 5.43 Å². The molecule has 0 aromatic heterocycles. The highest BCUT2D eigenvalue weighted by Gasteiger charge is 2.14. The van der Waals surface area contributed by atoms with Crippen molar-refractivity contribution in [2.24, 2.45) is 5.10 Å². The molecule has 0 saturated carbocycles. The second-order valence-corrected chi connectivity index (χ2v) is 6.18. The van der Waals surface area contributed by atoms with Crippen LogP contribution in [0.4, 0.5) is 0 Å². The Labute approximate surface area is 134 Å². The van der Waals surface area contributed by atoms with Gasteiger partial charge in [-0.15, -0.1) is 11.8 Å². The molecule has 5 heteroatoms. The summed E-state index contributed by atoms with van der Waals surface area (Å²) in [5, 5.41) is 13.6. The number of hydrogen-bond acceptors (Lipinski definition) is 4. The van der Waals surface area contributed by atoms with Crippen LogP contribution in [-0.4, -0.2) is 22.0 Å². The molecular weight excluding hydrogens is 296 g/mol. The first-order valence-electron chi connectivity index (χ1n) is 6.92. The van der Waals surface area contributed by atoms with Gasteiger partial charge in [0.2, 0.25) is 0 Å². The zero-order valence-electron chi connectivity index (χ0n) is 12.5. The number of phenolic OH excluding ortho intramolecular Hbond substituents is 1. The molecule has 114 valence electrons. The smallest absolute Gasteiger partial charge is 0.253 e. The lowest BCUT2D eigenvalue weighted by Gasteiger charge is -2.10. The van der Waals surface area contributed by atoms with Crippen LogP contribution in [0.2, 0.25) is 0 Å². The summed E-state index contributed by atoms with van der Waals surface area (Å²) in [7, 11) is 0. The lowest BCUT2D eigenvalue weighted by Crippen LogP contribution is -2.27. The fourth-order valence-corrected chi connectivity index (χ4v) is 2.71. The molecule has 2 aromatic rings. The minimum atomic E-state index is -0.261. The second-order valence-electron chi connectivity index (χ2n) is 4.76. The molecule has 0 fully saturated rings. The molecule has 22 heavy (non-hydrogen) atoms. The first-order chi connectivity index (χ1) is 10.6. The number of hydrogen-bond donors (Lipinski definition) is 2. The van der Waals surface area contributed by atoms with Gasteiger partial charge in [0, 0.05) is 10.5 Å². The van der Waals surface area contributed by atoms with E-state index in [4.69, 9.17) is 0 Å². The Morgan fingerprint density at radius 1 is 1.14 bits per heavy atom. The number of carbonyl (C=O) groups excluding carboxylic acids is 1. The second kappa shape index (κ2) is 7.66. The molecular formula is C17H18N2O2S. The standard InChI is InChI=1S/C17H18N2O2S/c1-12(15-10-6-7-11-16(15)20)18-19-17(21)13(2)22-14-8-4-3-5-9-14/h3-11,13,20H,1-2H3,(H,19,21)/b18-12+/t13-/m0/s1. The minimum Gasteiger partial charge on any atom is -0.507 e. The monoisotopic (exact) mass is 314 g/mol. The molecule has 2 aromatic carbocycles. The average Bonchev–Trinajstić information content (AvgIpc) is 2.53. The Hall–Kier alpha value is -2.27. The maximum atomic E-state index is 12.1. The van der Waals surface area contributed by atoms with E-state index in [2.05, 4.69) is 10.5 Å². The van der Waals surface area contributed by atoms with Gasteiger partial charge in [0.25, 0.3) is 5.91 Å². The van der Waals surface area contributed by atoms with Gasteiger partial charge in [0.15, 0.2) is 0 Å². The van der Waals surface area contributed by atoms with Gasteiger partial charge in [0.05, 0.1) is 11.0 Å². The van der Waals surface area contributed by atoms with E-state index in [9.17, 15) is 9.90 Å². The number of hydrazone groups is 1. The molecule has 2 rings (SSSR count). The highest BCUT2D eigenvalue weighted by molar-refractivity contribution is 8.00. The number of carbonyl (C=O) groups is 1. The van der Waals surface area contributed by atoms with Crippen LogP contribution in [0.1, 0.15) is 19.4 Å². The third-order valence-electron chi connectivity index (χ3n) is 3.05. The molecule has 0 heterocycles. The zero-order chi connectivity index (χ0) is 15.9. The summed E-state index contributed by atoms with van der Waals surface area (Å²) in [6.07, 6.45) is 0. The number of phenols is 1. The molecule has 2 N–H and O–H groups in total. The van der Waals surface area contributed by atoms with Gasteiger partial charge < -0.3 is 5.11 Å². The van der Waals surface area contributed by atoms with Gasteiger partial charge in [-0.05, 0) is 38.1 Å². The van der Waals surface area contributed by atoms with Crippen LogP contribution >= 0.6 is 11.8 Å². The lowest BCUT2D eigenvalue weighted by molar-refractivity contribution is -0.120. The van der Waals surface area contributed by atoms with E-state index in [-0.39, 0.29) is 16.9 Å². The van der Waals surface area contributed by atoms with E-state index >= 15 is 0 Å². The molecule has 1 atom stereocenters. The number of thioether (sulfide) groups is 1. The Morgan fingerprint density at radius 3 is 2.45 bits per heavy atom. The van der Waals surface area contributed by atoms with Crippen molar-refractivity contribution < 1.29 is 9.90 Å². The first-order valence-corrected chi connectivity index (χ1v) is 7.80. The molecule has 0 saturated heterocycles. The summed E-state index contributed by atoms with van der Waals surface area (Å²) in [4.78, 5) is 13.1. The first kappa shape index (κ1) is 16.1. The van der Waals surface area contributed by atoms with Crippen molar-refractivity contribution in [3.63, 3.8) is 0 Å². The topological polar surface area (TPSA) is 61.7 Å². The van der Waals surface area contributed by atoms with Gasteiger partial charge in [-0.3, -0.25) is 4.79 Å². The molecule has 0 aliphatic rings. The maximum Gasteiger partial charge on any atom is 0.253 e. The van der Waals surface area contributed by atoms with E-state index in [0.717, 1.165) is 4.90 Å². The summed E-state index contributed by atoms with van der Waals surface area (Å²) < 4.78 is 0. The number of aromatic hydroxyl groups is 1. The summed E-state index contributed by atoms with van der Waals surface area (Å²) in [5.41, 5.74) is 3.71. The molecule has 0 aliphatic heterocycles. The fraction of sp³-hybridized carbons (Fsp3) is 0.176. The van der Waals surface area contributed by atoms with Crippen LogP contribution in [0.5, 0.6) is 5.75 Å². The third kappa shape index (κ3) is 4.36. The van der Waals surface area contributed by atoms with E-state index < -0.39 is 0 Å². The fourth-order valence-electron chi connectivity index (χ4n) is 1.83. The molecule has 0 unspecified atom stereocenters. The van der Waals surface area contributed by atoms with Crippen LogP contribution in [-0.2, 0) is 4.79 Å². The lowest BCUT2D eigenvalue weighted by atomic mass is 10.1. The van der Waals surface area contributed by atoms with Crippen molar-refractivity contribution in [1.29, 1.82) is 0 Å². The Morgan fingerprint density at radius 2 is 1.77 bits per heavy atom. The average molecular weight is 314 g/mol. The largest absolute Gasteiger partial charge is 0.507 e. The van der Waals surface area contributed by atoms with Gasteiger partial charge >= 0.3 is 0 Å². The Bertz CT molecular complexity index is 671. The van der Waals surface area contributed by atoms with Crippen molar-refractivity contribution in [2.75, 3.05) is 0 Å². The molecule has 0 radical (unpaired) electrons. The minimum absolute atomic E-state index is 0.143. The summed E-state index contributed by atoms with van der Waals surface area (Å²) in [5.74, 6) is -0.0340. The Kier molecular flexibility index (Phi) is 5.61. The van der Waals surface area contributed by atoms with Crippen LogP contribution in [0.3, 0.4) is 0 Å². The predicted molar refractivity (Wildman–Crippen MR) is 90.2 cm³/mol.